The Morgan fingerprint density at radius 3 is 2.44 bits per heavy atom. The number of hydrogen-bond acceptors (Lipinski definition) is 3. The van der Waals surface area contributed by atoms with E-state index in [4.69, 9.17) is 10.7 Å². The summed E-state index contributed by atoms with van der Waals surface area (Å²) in [7, 11) is 0. The average Bonchev–Trinajstić information content (AvgIpc) is 2.90. The van der Waals surface area contributed by atoms with Gasteiger partial charge in [-0.15, -0.1) is 11.3 Å². The van der Waals surface area contributed by atoms with Crippen LogP contribution in [0, 0.1) is 20.8 Å². The molecule has 3 rings (SSSR count). The average molecular weight is 258 g/mol. The predicted molar refractivity (Wildman–Crippen MR) is 76.9 cm³/mol. The zero-order valence-electron chi connectivity index (χ0n) is 11.1. The standard InChI is InChI=1S/C15H18N2S/c1-9-6-11(3)12(7-10(9)2)14-17-13(8-18-14)15(16)4-5-15/h6-8H,4-5,16H2,1-3H3. The van der Waals surface area contributed by atoms with Gasteiger partial charge in [0.05, 0.1) is 11.2 Å². The fourth-order valence-electron chi connectivity index (χ4n) is 2.21. The summed E-state index contributed by atoms with van der Waals surface area (Å²) in [5, 5.41) is 3.22. The Morgan fingerprint density at radius 2 is 1.78 bits per heavy atom. The van der Waals surface area contributed by atoms with Gasteiger partial charge < -0.3 is 5.73 Å². The quantitative estimate of drug-likeness (QED) is 0.892. The minimum Gasteiger partial charge on any atom is -0.320 e. The Kier molecular flexibility index (Phi) is 2.57. The molecular weight excluding hydrogens is 240 g/mol. The van der Waals surface area contributed by atoms with Crippen LogP contribution in [0.1, 0.15) is 35.2 Å². The van der Waals surface area contributed by atoms with E-state index in [2.05, 4.69) is 38.3 Å². The summed E-state index contributed by atoms with van der Waals surface area (Å²) in [5.74, 6) is 0. The Balaban J connectivity index is 2.04. The molecule has 0 saturated heterocycles. The molecule has 0 unspecified atom stereocenters. The second-order valence-corrected chi connectivity index (χ2v) is 6.30. The van der Waals surface area contributed by atoms with Crippen molar-refractivity contribution in [2.24, 2.45) is 5.73 Å². The topological polar surface area (TPSA) is 38.9 Å². The molecule has 1 aliphatic carbocycles. The molecule has 1 saturated carbocycles. The van der Waals surface area contributed by atoms with Crippen LogP contribution in [0.25, 0.3) is 10.6 Å². The van der Waals surface area contributed by atoms with Crippen molar-refractivity contribution in [2.45, 2.75) is 39.2 Å². The van der Waals surface area contributed by atoms with Crippen LogP contribution >= 0.6 is 11.3 Å². The largest absolute Gasteiger partial charge is 0.320 e. The first-order chi connectivity index (χ1) is 8.49. The molecule has 2 nitrogen and oxygen atoms in total. The van der Waals surface area contributed by atoms with Crippen molar-refractivity contribution in [3.05, 3.63) is 39.9 Å². The molecule has 3 heteroatoms. The van der Waals surface area contributed by atoms with Gasteiger partial charge in [-0.3, -0.25) is 0 Å². The molecule has 0 aliphatic heterocycles. The molecule has 2 aromatic rings. The summed E-state index contributed by atoms with van der Waals surface area (Å²) in [4.78, 5) is 4.74. The fraction of sp³-hybridized carbons (Fsp3) is 0.400. The normalized spacial score (nSPS) is 16.9. The van der Waals surface area contributed by atoms with E-state index >= 15 is 0 Å². The lowest BCUT2D eigenvalue weighted by molar-refractivity contribution is 0.715. The maximum atomic E-state index is 6.20. The van der Waals surface area contributed by atoms with E-state index in [1.165, 1.54) is 22.3 Å². The Morgan fingerprint density at radius 1 is 1.11 bits per heavy atom. The minimum absolute atomic E-state index is 0.123. The van der Waals surface area contributed by atoms with Gasteiger partial charge in [0.25, 0.3) is 0 Å². The molecule has 0 spiro atoms. The van der Waals surface area contributed by atoms with Crippen molar-refractivity contribution >= 4 is 11.3 Å². The van der Waals surface area contributed by atoms with Crippen LogP contribution in [0.5, 0.6) is 0 Å². The Hall–Kier alpha value is -1.19. The van der Waals surface area contributed by atoms with Gasteiger partial charge in [0.1, 0.15) is 5.01 Å². The number of aromatic nitrogens is 1. The molecule has 1 aromatic carbocycles. The second-order valence-electron chi connectivity index (χ2n) is 5.45. The van der Waals surface area contributed by atoms with Gasteiger partial charge in [0.2, 0.25) is 0 Å². The van der Waals surface area contributed by atoms with E-state index in [-0.39, 0.29) is 5.54 Å². The molecule has 0 radical (unpaired) electrons. The summed E-state index contributed by atoms with van der Waals surface area (Å²) >= 11 is 1.71. The number of nitrogens with two attached hydrogens (primary N) is 1. The van der Waals surface area contributed by atoms with Crippen LogP contribution in [0.2, 0.25) is 0 Å². The van der Waals surface area contributed by atoms with Gasteiger partial charge in [0.15, 0.2) is 0 Å². The fourth-order valence-corrected chi connectivity index (χ4v) is 3.22. The summed E-state index contributed by atoms with van der Waals surface area (Å²) in [6.07, 6.45) is 2.14. The maximum absolute atomic E-state index is 6.20. The summed E-state index contributed by atoms with van der Waals surface area (Å²) in [6.45, 7) is 6.45. The van der Waals surface area contributed by atoms with Gasteiger partial charge in [-0.25, -0.2) is 4.98 Å². The molecule has 1 heterocycles. The molecule has 0 amide bonds. The highest BCUT2D eigenvalue weighted by Crippen LogP contribution is 2.44. The molecule has 0 atom stereocenters. The van der Waals surface area contributed by atoms with E-state index < -0.39 is 0 Å². The smallest absolute Gasteiger partial charge is 0.123 e. The minimum atomic E-state index is -0.123. The van der Waals surface area contributed by atoms with Crippen molar-refractivity contribution in [3.63, 3.8) is 0 Å². The SMILES string of the molecule is Cc1cc(C)c(-c2nc(C3(N)CC3)cs2)cc1C. The lowest BCUT2D eigenvalue weighted by Crippen LogP contribution is -2.18. The van der Waals surface area contributed by atoms with E-state index in [0.29, 0.717) is 0 Å². The zero-order chi connectivity index (χ0) is 12.9. The first-order valence-corrected chi connectivity index (χ1v) is 7.21. The third kappa shape index (κ3) is 1.88. The van der Waals surface area contributed by atoms with Gasteiger partial charge in [-0.1, -0.05) is 6.07 Å². The number of benzene rings is 1. The highest BCUT2D eigenvalue weighted by molar-refractivity contribution is 7.13. The van der Waals surface area contributed by atoms with Crippen molar-refractivity contribution in [1.82, 2.24) is 4.98 Å². The number of thiazole rings is 1. The monoisotopic (exact) mass is 258 g/mol. The molecule has 18 heavy (non-hydrogen) atoms. The van der Waals surface area contributed by atoms with Gasteiger partial charge in [-0.05, 0) is 56.4 Å². The summed E-state index contributed by atoms with van der Waals surface area (Å²) in [5.41, 5.74) is 12.3. The third-order valence-electron chi connectivity index (χ3n) is 3.87. The molecule has 1 aliphatic rings. The highest BCUT2D eigenvalue weighted by atomic mass is 32.1. The molecule has 0 bridgehead atoms. The maximum Gasteiger partial charge on any atom is 0.123 e. The number of hydrogen-bond donors (Lipinski definition) is 1. The molecule has 1 fully saturated rings. The van der Waals surface area contributed by atoms with E-state index in [0.717, 1.165) is 23.5 Å². The van der Waals surface area contributed by atoms with Crippen molar-refractivity contribution in [2.75, 3.05) is 0 Å². The van der Waals surface area contributed by atoms with Crippen LogP contribution in [0.15, 0.2) is 17.5 Å². The van der Waals surface area contributed by atoms with Gasteiger partial charge >= 0.3 is 0 Å². The van der Waals surface area contributed by atoms with Crippen molar-refractivity contribution < 1.29 is 0 Å². The first-order valence-electron chi connectivity index (χ1n) is 6.33. The van der Waals surface area contributed by atoms with Crippen LogP contribution in [0.3, 0.4) is 0 Å². The van der Waals surface area contributed by atoms with Gasteiger partial charge in [-0.2, -0.15) is 0 Å². The molecular formula is C15H18N2S. The summed E-state index contributed by atoms with van der Waals surface area (Å²) in [6, 6.07) is 4.48. The Labute approximate surface area is 112 Å². The third-order valence-corrected chi connectivity index (χ3v) is 4.75. The second kappa shape index (κ2) is 3.90. The lowest BCUT2D eigenvalue weighted by Gasteiger charge is -2.07. The number of nitrogens with zero attached hydrogens (tertiary/aromatic N) is 1. The number of rotatable bonds is 2. The van der Waals surface area contributed by atoms with E-state index in [1.807, 2.05) is 0 Å². The first kappa shape index (κ1) is 11.9. The summed E-state index contributed by atoms with van der Waals surface area (Å²) < 4.78 is 0. The van der Waals surface area contributed by atoms with Crippen LogP contribution < -0.4 is 5.73 Å². The van der Waals surface area contributed by atoms with Crippen LogP contribution in [-0.4, -0.2) is 4.98 Å². The van der Waals surface area contributed by atoms with E-state index in [1.54, 1.807) is 11.3 Å². The van der Waals surface area contributed by atoms with Crippen molar-refractivity contribution in [1.29, 1.82) is 0 Å². The molecule has 2 N–H and O–H groups in total. The van der Waals surface area contributed by atoms with Gasteiger partial charge in [0, 0.05) is 10.9 Å². The molecule has 94 valence electrons. The predicted octanol–water partition coefficient (Wildman–Crippen LogP) is 3.68. The van der Waals surface area contributed by atoms with Crippen LogP contribution in [-0.2, 0) is 5.54 Å². The van der Waals surface area contributed by atoms with E-state index in [9.17, 15) is 0 Å². The van der Waals surface area contributed by atoms with Crippen molar-refractivity contribution in [3.8, 4) is 10.6 Å². The lowest BCUT2D eigenvalue weighted by atomic mass is 10.0. The zero-order valence-corrected chi connectivity index (χ0v) is 11.9. The van der Waals surface area contributed by atoms with Crippen LogP contribution in [0.4, 0.5) is 0 Å². The number of aryl methyl sites for hydroxylation is 3. The molecule has 1 aromatic heterocycles. The Bertz CT molecular complexity index is 609. The highest BCUT2D eigenvalue weighted by Gasteiger charge is 2.42.